The van der Waals surface area contributed by atoms with Crippen LogP contribution in [0, 0.1) is 5.82 Å². The van der Waals surface area contributed by atoms with Gasteiger partial charge in [0.2, 0.25) is 0 Å². The molecule has 1 heterocycles. The molecule has 0 spiro atoms. The quantitative estimate of drug-likeness (QED) is 0.516. The molecule has 0 aromatic heterocycles. The van der Waals surface area contributed by atoms with Crippen LogP contribution < -0.4 is 14.9 Å². The molecule has 1 saturated heterocycles. The van der Waals surface area contributed by atoms with Crippen molar-refractivity contribution in [3.63, 3.8) is 0 Å². The van der Waals surface area contributed by atoms with Crippen molar-refractivity contribution in [3.05, 3.63) is 90.2 Å². The van der Waals surface area contributed by atoms with Crippen LogP contribution >= 0.6 is 0 Å². The lowest BCUT2D eigenvalue weighted by atomic mass is 10.2. The number of hydrogen-bond acceptors (Lipinski definition) is 5. The normalized spacial score (nSPS) is 14.6. The van der Waals surface area contributed by atoms with Gasteiger partial charge in [0.25, 0.3) is 15.9 Å². The van der Waals surface area contributed by atoms with Gasteiger partial charge in [0.05, 0.1) is 10.6 Å². The molecule has 3 aromatic carbocycles. The lowest BCUT2D eigenvalue weighted by Gasteiger charge is -2.36. The molecule has 4 rings (SSSR count). The van der Waals surface area contributed by atoms with Crippen molar-refractivity contribution in [1.82, 2.24) is 10.2 Å². The number of sulfonamides is 1. The van der Waals surface area contributed by atoms with E-state index < -0.39 is 15.8 Å². The second-order valence-corrected chi connectivity index (χ2v) is 9.72. The number of nitrogens with zero attached hydrogens (tertiary/aromatic N) is 2. The number of carbonyl (C=O) groups is 1. The molecular weight excluding hydrogens is 455 g/mol. The third kappa shape index (κ3) is 5.92. The SMILES string of the molecule is O=C(NCCN1CCN(c2ccccc2)CC1)c1cccc(S(=O)(=O)Nc2ccccc2F)c1. The zero-order valence-corrected chi connectivity index (χ0v) is 19.5. The summed E-state index contributed by atoms with van der Waals surface area (Å²) >= 11 is 0. The van der Waals surface area contributed by atoms with Gasteiger partial charge in [0.1, 0.15) is 5.82 Å². The molecule has 7 nitrogen and oxygen atoms in total. The first-order valence-electron chi connectivity index (χ1n) is 11.1. The average Bonchev–Trinajstić information content (AvgIpc) is 2.86. The van der Waals surface area contributed by atoms with E-state index in [1.54, 1.807) is 6.07 Å². The molecular formula is C25H27FN4O3S. The minimum absolute atomic E-state index is 0.111. The molecule has 178 valence electrons. The van der Waals surface area contributed by atoms with Crippen molar-refractivity contribution < 1.29 is 17.6 Å². The van der Waals surface area contributed by atoms with E-state index in [4.69, 9.17) is 0 Å². The molecule has 9 heteroatoms. The van der Waals surface area contributed by atoms with Gasteiger partial charge in [-0.2, -0.15) is 0 Å². The van der Waals surface area contributed by atoms with Gasteiger partial charge in [-0.1, -0.05) is 36.4 Å². The van der Waals surface area contributed by atoms with E-state index in [0.29, 0.717) is 13.1 Å². The summed E-state index contributed by atoms with van der Waals surface area (Å²) in [5, 5.41) is 2.86. The second kappa shape index (κ2) is 10.7. The van der Waals surface area contributed by atoms with Gasteiger partial charge in [-0.15, -0.1) is 0 Å². The summed E-state index contributed by atoms with van der Waals surface area (Å²) in [6, 6.07) is 21.5. The van der Waals surface area contributed by atoms with Crippen LogP contribution in [0.5, 0.6) is 0 Å². The summed E-state index contributed by atoms with van der Waals surface area (Å²) in [6.45, 7) is 4.82. The Kier molecular flexibility index (Phi) is 7.44. The highest BCUT2D eigenvalue weighted by Gasteiger charge is 2.19. The number of halogens is 1. The molecule has 0 unspecified atom stereocenters. The Balaban J connectivity index is 1.29. The molecule has 0 bridgehead atoms. The van der Waals surface area contributed by atoms with Crippen LogP contribution in [0.1, 0.15) is 10.4 Å². The van der Waals surface area contributed by atoms with Gasteiger partial charge in [-0.25, -0.2) is 12.8 Å². The Bertz CT molecular complexity index is 1230. The standard InChI is InChI=1S/C25H27FN4O3S/c26-23-11-4-5-12-24(23)28-34(32,33)22-10-6-7-20(19-22)25(31)27-13-14-29-15-17-30(18-16-29)21-8-2-1-3-9-21/h1-12,19,28H,13-18H2,(H,27,31). The van der Waals surface area contributed by atoms with Gasteiger partial charge < -0.3 is 10.2 Å². The number of rotatable bonds is 8. The Morgan fingerprint density at radius 3 is 2.32 bits per heavy atom. The number of benzene rings is 3. The van der Waals surface area contributed by atoms with Crippen LogP contribution in [0.4, 0.5) is 15.8 Å². The maximum absolute atomic E-state index is 13.8. The zero-order chi connectivity index (χ0) is 24.0. The number of nitrogens with one attached hydrogen (secondary N) is 2. The second-order valence-electron chi connectivity index (χ2n) is 8.03. The van der Waals surface area contributed by atoms with Crippen LogP contribution in [-0.4, -0.2) is 58.5 Å². The minimum atomic E-state index is -4.04. The lowest BCUT2D eigenvalue weighted by molar-refractivity contribution is 0.0947. The smallest absolute Gasteiger partial charge is 0.262 e. The summed E-state index contributed by atoms with van der Waals surface area (Å²) < 4.78 is 41.4. The van der Waals surface area contributed by atoms with Crippen molar-refractivity contribution in [2.45, 2.75) is 4.90 Å². The summed E-state index contributed by atoms with van der Waals surface area (Å²) in [5.74, 6) is -1.03. The molecule has 0 atom stereocenters. The van der Waals surface area contributed by atoms with E-state index in [-0.39, 0.29) is 22.1 Å². The van der Waals surface area contributed by atoms with Gasteiger partial charge in [0, 0.05) is 50.5 Å². The zero-order valence-electron chi connectivity index (χ0n) is 18.7. The molecule has 3 aromatic rings. The fourth-order valence-electron chi connectivity index (χ4n) is 3.85. The average molecular weight is 483 g/mol. The Labute approximate surface area is 199 Å². The van der Waals surface area contributed by atoms with E-state index in [1.165, 1.54) is 48.2 Å². The van der Waals surface area contributed by atoms with Crippen molar-refractivity contribution in [1.29, 1.82) is 0 Å². The molecule has 0 aliphatic carbocycles. The third-order valence-electron chi connectivity index (χ3n) is 5.73. The van der Waals surface area contributed by atoms with Crippen LogP contribution in [0.15, 0.2) is 83.8 Å². The van der Waals surface area contributed by atoms with Crippen LogP contribution in [0.3, 0.4) is 0 Å². The Morgan fingerprint density at radius 1 is 0.882 bits per heavy atom. The van der Waals surface area contributed by atoms with Gasteiger partial charge in [0.15, 0.2) is 0 Å². The minimum Gasteiger partial charge on any atom is -0.369 e. The van der Waals surface area contributed by atoms with E-state index >= 15 is 0 Å². The van der Waals surface area contributed by atoms with Crippen LogP contribution in [-0.2, 0) is 10.0 Å². The van der Waals surface area contributed by atoms with Gasteiger partial charge >= 0.3 is 0 Å². The molecule has 0 radical (unpaired) electrons. The van der Waals surface area contributed by atoms with Gasteiger partial charge in [-0.05, 0) is 42.5 Å². The molecule has 1 amide bonds. The van der Waals surface area contributed by atoms with E-state index in [9.17, 15) is 17.6 Å². The monoisotopic (exact) mass is 482 g/mol. The fourth-order valence-corrected chi connectivity index (χ4v) is 4.96. The first-order chi connectivity index (χ1) is 16.4. The Hall–Kier alpha value is -3.43. The Morgan fingerprint density at radius 2 is 1.59 bits per heavy atom. The van der Waals surface area contributed by atoms with E-state index in [2.05, 4.69) is 32.0 Å². The maximum Gasteiger partial charge on any atom is 0.262 e. The molecule has 0 saturated carbocycles. The van der Waals surface area contributed by atoms with Crippen molar-refractivity contribution in [2.75, 3.05) is 48.9 Å². The first kappa shape index (κ1) is 23.7. The van der Waals surface area contributed by atoms with Gasteiger partial charge in [-0.3, -0.25) is 14.4 Å². The summed E-state index contributed by atoms with van der Waals surface area (Å²) in [5.41, 5.74) is 1.30. The van der Waals surface area contributed by atoms with Crippen LogP contribution in [0.2, 0.25) is 0 Å². The van der Waals surface area contributed by atoms with E-state index in [1.807, 2.05) is 18.2 Å². The largest absolute Gasteiger partial charge is 0.369 e. The predicted molar refractivity (Wildman–Crippen MR) is 131 cm³/mol. The molecule has 34 heavy (non-hydrogen) atoms. The number of carbonyl (C=O) groups excluding carboxylic acids is 1. The number of piperazine rings is 1. The number of hydrogen-bond donors (Lipinski definition) is 2. The summed E-state index contributed by atoms with van der Waals surface area (Å²) in [6.07, 6.45) is 0. The van der Waals surface area contributed by atoms with Crippen molar-refractivity contribution in [3.8, 4) is 0 Å². The van der Waals surface area contributed by atoms with Crippen molar-refractivity contribution >= 4 is 27.3 Å². The fraction of sp³-hybridized carbons (Fsp3) is 0.240. The van der Waals surface area contributed by atoms with Crippen LogP contribution in [0.25, 0.3) is 0 Å². The van der Waals surface area contributed by atoms with Crippen molar-refractivity contribution in [2.24, 2.45) is 0 Å². The topological polar surface area (TPSA) is 81.8 Å². The highest BCUT2D eigenvalue weighted by atomic mass is 32.2. The molecule has 2 N–H and O–H groups in total. The third-order valence-corrected chi connectivity index (χ3v) is 7.10. The lowest BCUT2D eigenvalue weighted by Crippen LogP contribution is -2.48. The highest BCUT2D eigenvalue weighted by molar-refractivity contribution is 7.92. The number of amides is 1. The van der Waals surface area contributed by atoms with E-state index in [0.717, 1.165) is 26.2 Å². The predicted octanol–water partition coefficient (Wildman–Crippen LogP) is 3.18. The molecule has 1 aliphatic rings. The summed E-state index contributed by atoms with van der Waals surface area (Å²) in [4.78, 5) is 17.1. The molecule has 1 aliphatic heterocycles. The number of para-hydroxylation sites is 2. The maximum atomic E-state index is 13.8. The highest BCUT2D eigenvalue weighted by Crippen LogP contribution is 2.20. The first-order valence-corrected chi connectivity index (χ1v) is 12.6. The number of anilines is 2. The molecule has 1 fully saturated rings. The summed E-state index contributed by atoms with van der Waals surface area (Å²) in [7, 11) is -4.04.